The summed E-state index contributed by atoms with van der Waals surface area (Å²) in [7, 11) is 0. The first-order valence-corrected chi connectivity index (χ1v) is 35.1. The van der Waals surface area contributed by atoms with Crippen LogP contribution in [0.4, 0.5) is 0 Å². The Kier molecular flexibility index (Phi) is 25.5. The molecule has 3 saturated carbocycles. The molecule has 0 bridgehead atoms. The summed E-state index contributed by atoms with van der Waals surface area (Å²) in [5, 5.41) is 239. The van der Waals surface area contributed by atoms with Crippen molar-refractivity contribution in [2.75, 3.05) is 39.6 Å². The monoisotopic (exact) mass is 1450 g/mol. The van der Waals surface area contributed by atoms with Gasteiger partial charge in [-0.25, -0.2) is 0 Å². The SMILES string of the molecule is C[C@H](CC[C@@H](O[C@@H]1O[C@H](CO[C@@H]2O[C@H](CO)[C@@H](O)[C@H](O)[C@H]2O)[C@@H](O)[C@H](O)[C@H]1O[C@@H]1O[C@H](CO)[C@@H](O)[C@H](O)[C@H]1O)C(C)(C)O)[C@H]1CC[C@@]2(C)[C@@H]3CC=C4[C@@H](CC[C@H](O[C@@H]5O[C@H](CO[C@@H]6O[C@H](CO)[C@@H](O)[C@H](O)[C@H]6O[C@@H]6O[C@H](CO)[C@@H](O)[C@H](O)[C@H]6O)[C@@H](O)[C@H](O)[C@H]5O)C4(C)C)[C@]3(C)[C@H](O)C[C@]12C. The van der Waals surface area contributed by atoms with E-state index in [1.807, 2.05) is 13.8 Å². The summed E-state index contributed by atoms with van der Waals surface area (Å²) < 4.78 is 71.4. The molecule has 6 aliphatic heterocycles. The number of aliphatic hydroxyl groups is 22. The second-order valence-electron chi connectivity index (χ2n) is 31.5. The number of rotatable bonds is 23. The van der Waals surface area contributed by atoms with Gasteiger partial charge in [0.25, 0.3) is 0 Å². The van der Waals surface area contributed by atoms with Crippen LogP contribution in [0.1, 0.15) is 107 Å². The molecule has 6 saturated heterocycles. The average Bonchev–Trinajstić information content (AvgIpc) is 1.45. The molecule has 580 valence electrons. The van der Waals surface area contributed by atoms with E-state index in [0.29, 0.717) is 32.1 Å². The van der Waals surface area contributed by atoms with Gasteiger partial charge in [-0.3, -0.25) is 0 Å². The van der Waals surface area contributed by atoms with Gasteiger partial charge in [0.1, 0.15) is 146 Å². The molecular weight excluding hydrogens is 1340 g/mol. The molecule has 9 fully saturated rings. The van der Waals surface area contributed by atoms with E-state index >= 15 is 0 Å². The maximum atomic E-state index is 12.9. The molecular formula is C66H112O34. The predicted octanol–water partition coefficient (Wildman–Crippen LogP) is -7.58. The fourth-order valence-corrected chi connectivity index (χ4v) is 18.5. The van der Waals surface area contributed by atoms with E-state index in [9.17, 15) is 112 Å². The van der Waals surface area contributed by atoms with E-state index in [4.69, 9.17) is 56.8 Å². The van der Waals surface area contributed by atoms with Gasteiger partial charge in [0.2, 0.25) is 0 Å². The minimum Gasteiger partial charge on any atom is -0.394 e. The summed E-state index contributed by atoms with van der Waals surface area (Å²) in [6.07, 6.45) is -48.3. The first-order valence-electron chi connectivity index (χ1n) is 35.1. The quantitative estimate of drug-likeness (QED) is 0.0423. The van der Waals surface area contributed by atoms with Gasteiger partial charge in [-0.05, 0) is 99.7 Å². The van der Waals surface area contributed by atoms with Crippen LogP contribution in [0.5, 0.6) is 0 Å². The third-order valence-electron chi connectivity index (χ3n) is 25.0. The fraction of sp³-hybridized carbons (Fsp3) is 0.970. The van der Waals surface area contributed by atoms with Gasteiger partial charge in [-0.15, -0.1) is 0 Å². The molecule has 100 heavy (non-hydrogen) atoms. The largest absolute Gasteiger partial charge is 0.394 e. The second-order valence-corrected chi connectivity index (χ2v) is 31.5. The molecule has 6 heterocycles. The molecule has 0 aromatic rings. The van der Waals surface area contributed by atoms with Crippen LogP contribution in [0.2, 0.25) is 0 Å². The number of fused-ring (bicyclic) bond motifs is 5. The molecule has 0 aromatic carbocycles. The van der Waals surface area contributed by atoms with Crippen molar-refractivity contribution < 1.29 is 169 Å². The van der Waals surface area contributed by atoms with Crippen molar-refractivity contribution in [3.05, 3.63) is 11.6 Å². The molecule has 0 radical (unpaired) electrons. The summed E-state index contributed by atoms with van der Waals surface area (Å²) in [5.41, 5.74) is -2.78. The van der Waals surface area contributed by atoms with Gasteiger partial charge in [0.05, 0.1) is 63.6 Å². The number of aliphatic hydroxyl groups excluding tert-OH is 21. The van der Waals surface area contributed by atoms with Crippen molar-refractivity contribution in [3.63, 3.8) is 0 Å². The van der Waals surface area contributed by atoms with Crippen LogP contribution in [0.3, 0.4) is 0 Å². The van der Waals surface area contributed by atoms with Crippen LogP contribution in [0, 0.1) is 45.3 Å². The standard InChI is InChI=1S/C66H112O34/c1-24(9-13-37(63(4,5)88)98-61-55(100-59-53(87)46(80)40(74)30(20-69)93-59)49(83)43(77)33(96-61)22-89-56-50(84)44(78)38(72)28(18-67)91-56)25-15-16-64(6)34-12-10-26-27(66(34,8)35(71)17-65(25,64)7)11-14-36(62(26,2)3)97-57-51(85)47(81)42(76)32(95-57)23-90-60-54(48(82)41(75)31(21-70)94-60)99-58-52(86)45(79)39(73)29(19-68)92-58/h10,24-25,27-61,67-88H,9,11-23H2,1-8H3/t24-,25-,27-,28-,29-,30-,31-,32-,33-,34+,35-,36+,37-,38-,39-,40-,41-,42-,43-,44+,45+,46+,47+,48+,49+,50-,51-,52-,53-,54-,55-,56-,57+,58+,59+,60-,61+,64+,65-,66+/m1/s1. The van der Waals surface area contributed by atoms with E-state index in [0.717, 1.165) is 18.4 Å². The lowest BCUT2D eigenvalue weighted by Gasteiger charge is -2.67. The maximum absolute atomic E-state index is 12.9. The molecule has 0 unspecified atom stereocenters. The van der Waals surface area contributed by atoms with Crippen LogP contribution in [-0.4, -0.2) is 360 Å². The van der Waals surface area contributed by atoms with Crippen molar-refractivity contribution in [3.8, 4) is 0 Å². The Bertz CT molecular complexity index is 2670. The zero-order chi connectivity index (χ0) is 73.5. The summed E-state index contributed by atoms with van der Waals surface area (Å²) in [5.74, 6) is -0.192. The molecule has 0 aromatic heterocycles. The van der Waals surface area contributed by atoms with Crippen LogP contribution in [0.25, 0.3) is 0 Å². The topological polar surface area (TPSA) is 556 Å². The Balaban J connectivity index is 0.812. The number of ether oxygens (including phenoxy) is 12. The maximum Gasteiger partial charge on any atom is 0.187 e. The fourth-order valence-electron chi connectivity index (χ4n) is 18.5. The molecule has 34 nitrogen and oxygen atoms in total. The molecule has 0 amide bonds. The van der Waals surface area contributed by atoms with Crippen molar-refractivity contribution >= 4 is 0 Å². The minimum atomic E-state index is -1.98. The summed E-state index contributed by atoms with van der Waals surface area (Å²) in [4.78, 5) is 0. The van der Waals surface area contributed by atoms with Crippen molar-refractivity contribution in [1.29, 1.82) is 0 Å². The van der Waals surface area contributed by atoms with Gasteiger partial charge in [-0.2, -0.15) is 0 Å². The Morgan fingerprint density at radius 3 is 1.35 bits per heavy atom. The zero-order valence-electron chi connectivity index (χ0n) is 57.6. The molecule has 10 rings (SSSR count). The molecule has 0 spiro atoms. The van der Waals surface area contributed by atoms with Crippen LogP contribution in [0.15, 0.2) is 11.6 Å². The Morgan fingerprint density at radius 1 is 0.460 bits per heavy atom. The van der Waals surface area contributed by atoms with Gasteiger partial charge < -0.3 is 169 Å². The smallest absolute Gasteiger partial charge is 0.187 e. The first kappa shape index (κ1) is 80.9. The Hall–Kier alpha value is -1.62. The van der Waals surface area contributed by atoms with Gasteiger partial charge in [0.15, 0.2) is 37.7 Å². The van der Waals surface area contributed by atoms with Crippen molar-refractivity contribution in [2.45, 2.75) is 315 Å². The highest BCUT2D eigenvalue weighted by atomic mass is 16.8. The lowest BCUT2D eigenvalue weighted by atomic mass is 9.38. The van der Waals surface area contributed by atoms with E-state index in [1.54, 1.807) is 0 Å². The van der Waals surface area contributed by atoms with Crippen molar-refractivity contribution in [1.82, 2.24) is 0 Å². The normalized spacial score (nSPS) is 52.1. The molecule has 22 N–H and O–H groups in total. The molecule has 10 aliphatic rings. The predicted molar refractivity (Wildman–Crippen MR) is 333 cm³/mol. The van der Waals surface area contributed by atoms with E-state index in [-0.39, 0.29) is 35.5 Å². The van der Waals surface area contributed by atoms with Gasteiger partial charge >= 0.3 is 0 Å². The molecule has 34 heteroatoms. The minimum absolute atomic E-state index is 0.0165. The molecule has 4 aliphatic carbocycles. The lowest BCUT2D eigenvalue weighted by Crippen LogP contribution is -2.65. The Morgan fingerprint density at radius 2 is 0.860 bits per heavy atom. The first-order chi connectivity index (χ1) is 46.9. The van der Waals surface area contributed by atoms with Gasteiger partial charge in [-0.1, -0.05) is 53.2 Å². The third-order valence-corrected chi connectivity index (χ3v) is 25.0. The summed E-state index contributed by atoms with van der Waals surface area (Å²) >= 11 is 0. The zero-order valence-corrected chi connectivity index (χ0v) is 57.6. The summed E-state index contributed by atoms with van der Waals surface area (Å²) in [6, 6.07) is 0. The van der Waals surface area contributed by atoms with Crippen LogP contribution >= 0.6 is 0 Å². The Labute approximate surface area is 579 Å². The highest BCUT2D eigenvalue weighted by Gasteiger charge is 2.71. The van der Waals surface area contributed by atoms with E-state index in [2.05, 4.69) is 33.8 Å². The average molecular weight is 1450 g/mol. The second kappa shape index (κ2) is 31.5. The highest BCUT2D eigenvalue weighted by molar-refractivity contribution is 5.32. The number of hydrogen-bond acceptors (Lipinski definition) is 34. The van der Waals surface area contributed by atoms with Gasteiger partial charge in [0, 0.05) is 10.8 Å². The van der Waals surface area contributed by atoms with Crippen molar-refractivity contribution in [2.24, 2.45) is 45.3 Å². The summed E-state index contributed by atoms with van der Waals surface area (Å²) in [6.45, 7) is 11.3. The van der Waals surface area contributed by atoms with E-state index < -0.39 is 264 Å². The highest BCUT2D eigenvalue weighted by Crippen LogP contribution is 2.75. The lowest BCUT2D eigenvalue weighted by molar-refractivity contribution is -0.380. The van der Waals surface area contributed by atoms with Crippen LogP contribution in [-0.2, 0) is 56.8 Å². The van der Waals surface area contributed by atoms with Crippen LogP contribution < -0.4 is 0 Å². The molecule has 40 atom stereocenters. The number of hydrogen-bond donors (Lipinski definition) is 22. The third kappa shape index (κ3) is 14.8. The van der Waals surface area contributed by atoms with E-state index in [1.165, 1.54) is 13.8 Å². The number of allylic oxidation sites excluding steroid dienone is 1.